The minimum atomic E-state index is -0.818. The molecule has 0 spiro atoms. The van der Waals surface area contributed by atoms with Gasteiger partial charge in [0.2, 0.25) is 0 Å². The van der Waals surface area contributed by atoms with Crippen molar-refractivity contribution in [2.75, 3.05) is 13.1 Å². The van der Waals surface area contributed by atoms with E-state index < -0.39 is 17.5 Å². The van der Waals surface area contributed by atoms with Crippen LogP contribution < -0.4 is 0 Å². The average molecular weight is 243 g/mol. The number of hydrogen-bond acceptors (Lipinski definition) is 3. The summed E-state index contributed by atoms with van der Waals surface area (Å²) >= 11 is 0. The predicted molar refractivity (Wildman–Crippen MR) is 62.8 cm³/mol. The molecule has 5 nitrogen and oxygen atoms in total. The summed E-state index contributed by atoms with van der Waals surface area (Å²) in [7, 11) is 0. The van der Waals surface area contributed by atoms with Gasteiger partial charge in [0.05, 0.1) is 11.5 Å². The normalized spacial score (nSPS) is 24.8. The van der Waals surface area contributed by atoms with Crippen molar-refractivity contribution in [3.8, 4) is 0 Å². The molecule has 0 aromatic rings. The van der Waals surface area contributed by atoms with Crippen molar-refractivity contribution >= 4 is 12.1 Å². The highest BCUT2D eigenvalue weighted by Gasteiger charge is 2.42. The third-order valence-corrected chi connectivity index (χ3v) is 3.30. The molecule has 1 fully saturated rings. The third kappa shape index (κ3) is 3.11. The van der Waals surface area contributed by atoms with Gasteiger partial charge in [-0.2, -0.15) is 0 Å². The van der Waals surface area contributed by atoms with E-state index in [9.17, 15) is 14.7 Å². The molecular formula is C12H21NO4. The van der Waals surface area contributed by atoms with E-state index in [0.29, 0.717) is 25.8 Å². The van der Waals surface area contributed by atoms with Crippen molar-refractivity contribution < 1.29 is 19.4 Å². The first-order chi connectivity index (χ1) is 7.91. The number of likely N-dealkylation sites (tertiary alicyclic amines) is 1. The first-order valence-corrected chi connectivity index (χ1v) is 6.10. The number of carboxylic acid groups (broad SMARTS) is 1. The zero-order valence-corrected chi connectivity index (χ0v) is 10.7. The van der Waals surface area contributed by atoms with Crippen LogP contribution in [0.2, 0.25) is 0 Å². The van der Waals surface area contributed by atoms with Crippen LogP contribution in [-0.2, 0) is 9.53 Å². The Morgan fingerprint density at radius 2 is 2.12 bits per heavy atom. The molecule has 0 bridgehead atoms. The third-order valence-electron chi connectivity index (χ3n) is 3.30. The van der Waals surface area contributed by atoms with Gasteiger partial charge in [0.15, 0.2) is 0 Å². The number of piperidine rings is 1. The maximum absolute atomic E-state index is 11.7. The zero-order chi connectivity index (χ0) is 13.1. The number of nitrogens with zero attached hydrogens (tertiary/aromatic N) is 1. The zero-order valence-electron chi connectivity index (χ0n) is 10.7. The summed E-state index contributed by atoms with van der Waals surface area (Å²) in [6, 6.07) is 0. The summed E-state index contributed by atoms with van der Waals surface area (Å²) in [5.41, 5.74) is -0.797. The quantitative estimate of drug-likeness (QED) is 0.824. The van der Waals surface area contributed by atoms with Gasteiger partial charge in [-0.05, 0) is 33.1 Å². The van der Waals surface area contributed by atoms with Crippen LogP contribution in [0.3, 0.4) is 0 Å². The first-order valence-electron chi connectivity index (χ1n) is 6.10. The Hall–Kier alpha value is -1.26. The first kappa shape index (κ1) is 13.8. The molecule has 98 valence electrons. The maximum atomic E-state index is 11.7. The highest BCUT2D eigenvalue weighted by atomic mass is 16.6. The van der Waals surface area contributed by atoms with E-state index in [-0.39, 0.29) is 12.6 Å². The molecule has 1 rings (SSSR count). The van der Waals surface area contributed by atoms with E-state index >= 15 is 0 Å². The fourth-order valence-electron chi connectivity index (χ4n) is 2.18. The Kier molecular flexibility index (Phi) is 4.37. The van der Waals surface area contributed by atoms with Crippen molar-refractivity contribution in [1.82, 2.24) is 4.90 Å². The molecule has 1 heterocycles. The molecule has 0 radical (unpaired) electrons. The largest absolute Gasteiger partial charge is 0.481 e. The highest BCUT2D eigenvalue weighted by molar-refractivity contribution is 5.77. The summed E-state index contributed by atoms with van der Waals surface area (Å²) in [6.07, 6.45) is 1.30. The average Bonchev–Trinajstić information content (AvgIpc) is 2.28. The Labute approximate surface area is 102 Å². The second kappa shape index (κ2) is 5.38. The van der Waals surface area contributed by atoms with Crippen molar-refractivity contribution in [3.63, 3.8) is 0 Å². The molecular weight excluding hydrogens is 222 g/mol. The van der Waals surface area contributed by atoms with Crippen LogP contribution in [-0.4, -0.2) is 41.3 Å². The smallest absolute Gasteiger partial charge is 0.410 e. The molecule has 1 aliphatic heterocycles. The highest BCUT2D eigenvalue weighted by Crippen LogP contribution is 2.33. The van der Waals surface area contributed by atoms with Gasteiger partial charge >= 0.3 is 12.1 Å². The van der Waals surface area contributed by atoms with E-state index in [0.717, 1.165) is 0 Å². The van der Waals surface area contributed by atoms with Crippen LogP contribution in [0.25, 0.3) is 0 Å². The SMILES string of the molecule is CCC1(C(=O)O)CCCN(C(=O)OC(C)C)C1. The van der Waals surface area contributed by atoms with Gasteiger partial charge in [0.25, 0.3) is 0 Å². The van der Waals surface area contributed by atoms with Crippen LogP contribution in [0.1, 0.15) is 40.0 Å². The minimum absolute atomic E-state index is 0.176. The Bertz CT molecular complexity index is 303. The van der Waals surface area contributed by atoms with Crippen molar-refractivity contribution in [2.45, 2.75) is 46.1 Å². The van der Waals surface area contributed by atoms with Gasteiger partial charge < -0.3 is 14.7 Å². The number of ether oxygens (including phenoxy) is 1. The van der Waals surface area contributed by atoms with Crippen LogP contribution in [0, 0.1) is 5.41 Å². The number of carbonyl (C=O) groups excluding carboxylic acids is 1. The second-order valence-corrected chi connectivity index (χ2v) is 4.90. The van der Waals surface area contributed by atoms with Gasteiger partial charge in [-0.25, -0.2) is 4.79 Å². The summed E-state index contributed by atoms with van der Waals surface area (Å²) in [5.74, 6) is -0.818. The lowest BCUT2D eigenvalue weighted by atomic mass is 9.78. The molecule has 17 heavy (non-hydrogen) atoms. The van der Waals surface area contributed by atoms with Crippen LogP contribution in [0.4, 0.5) is 4.79 Å². The number of aliphatic carboxylic acids is 1. The molecule has 0 aromatic heterocycles. The maximum Gasteiger partial charge on any atom is 0.410 e. The van der Waals surface area contributed by atoms with E-state index in [2.05, 4.69) is 0 Å². The molecule has 5 heteroatoms. The topological polar surface area (TPSA) is 66.8 Å². The molecule has 1 unspecified atom stereocenters. The fraction of sp³-hybridized carbons (Fsp3) is 0.833. The molecule has 1 atom stereocenters. The molecule has 1 aliphatic rings. The van der Waals surface area contributed by atoms with E-state index in [1.165, 1.54) is 4.90 Å². The van der Waals surface area contributed by atoms with Gasteiger partial charge in [-0.15, -0.1) is 0 Å². The lowest BCUT2D eigenvalue weighted by Crippen LogP contribution is -2.50. The lowest BCUT2D eigenvalue weighted by molar-refractivity contribution is -0.152. The van der Waals surface area contributed by atoms with E-state index in [4.69, 9.17) is 4.74 Å². The number of amides is 1. The molecule has 0 aliphatic carbocycles. The summed E-state index contributed by atoms with van der Waals surface area (Å²) < 4.78 is 5.10. The second-order valence-electron chi connectivity index (χ2n) is 4.90. The molecule has 0 saturated carbocycles. The van der Waals surface area contributed by atoms with E-state index in [1.807, 2.05) is 6.92 Å². The van der Waals surface area contributed by atoms with Crippen LogP contribution in [0.5, 0.6) is 0 Å². The lowest BCUT2D eigenvalue weighted by Gasteiger charge is -2.38. The summed E-state index contributed by atoms with van der Waals surface area (Å²) in [4.78, 5) is 24.6. The monoisotopic (exact) mass is 243 g/mol. The number of rotatable bonds is 3. The van der Waals surface area contributed by atoms with E-state index in [1.54, 1.807) is 13.8 Å². The van der Waals surface area contributed by atoms with Crippen LogP contribution in [0.15, 0.2) is 0 Å². The van der Waals surface area contributed by atoms with Gasteiger partial charge in [-0.3, -0.25) is 4.79 Å². The Morgan fingerprint density at radius 3 is 2.59 bits per heavy atom. The predicted octanol–water partition coefficient (Wildman–Crippen LogP) is 2.11. The number of carboxylic acids is 1. The van der Waals surface area contributed by atoms with Gasteiger partial charge in [0, 0.05) is 13.1 Å². The molecule has 1 saturated heterocycles. The number of hydrogen-bond donors (Lipinski definition) is 1. The van der Waals surface area contributed by atoms with Crippen molar-refractivity contribution in [1.29, 1.82) is 0 Å². The molecule has 1 N–H and O–H groups in total. The van der Waals surface area contributed by atoms with Gasteiger partial charge in [0.1, 0.15) is 0 Å². The Balaban J connectivity index is 2.71. The summed E-state index contributed by atoms with van der Waals surface area (Å²) in [5, 5.41) is 9.29. The molecule has 1 amide bonds. The van der Waals surface area contributed by atoms with Crippen molar-refractivity contribution in [3.05, 3.63) is 0 Å². The fourth-order valence-corrected chi connectivity index (χ4v) is 2.18. The minimum Gasteiger partial charge on any atom is -0.481 e. The summed E-state index contributed by atoms with van der Waals surface area (Å²) in [6.45, 7) is 6.26. The number of carbonyl (C=O) groups is 2. The van der Waals surface area contributed by atoms with Crippen LogP contribution >= 0.6 is 0 Å². The van der Waals surface area contributed by atoms with Crippen molar-refractivity contribution in [2.24, 2.45) is 5.41 Å². The Morgan fingerprint density at radius 1 is 1.47 bits per heavy atom. The molecule has 0 aromatic carbocycles. The standard InChI is InChI=1S/C12H21NO4/c1-4-12(10(14)15)6-5-7-13(8-12)11(16)17-9(2)3/h9H,4-8H2,1-3H3,(H,14,15). The van der Waals surface area contributed by atoms with Gasteiger partial charge in [-0.1, -0.05) is 6.92 Å².